The SMILES string of the molecule is COC1CC(CC(=O)O)N(C(=O)c2cn3ccc(C)cc3n2)C1. The highest BCUT2D eigenvalue weighted by atomic mass is 16.5. The third-order valence-corrected chi connectivity index (χ3v) is 4.22. The van der Waals surface area contributed by atoms with E-state index in [4.69, 9.17) is 9.84 Å². The molecule has 2 unspecified atom stereocenters. The Morgan fingerprint density at radius 3 is 2.96 bits per heavy atom. The molecular formula is C16H19N3O4. The van der Waals surface area contributed by atoms with Crippen LogP contribution < -0.4 is 0 Å². The molecule has 7 heteroatoms. The van der Waals surface area contributed by atoms with Crippen LogP contribution in [0.4, 0.5) is 0 Å². The number of aliphatic carboxylic acids is 1. The molecule has 1 amide bonds. The largest absolute Gasteiger partial charge is 0.481 e. The van der Waals surface area contributed by atoms with Crippen molar-refractivity contribution in [2.24, 2.45) is 0 Å². The molecule has 0 aromatic carbocycles. The van der Waals surface area contributed by atoms with Gasteiger partial charge < -0.3 is 19.1 Å². The molecule has 23 heavy (non-hydrogen) atoms. The number of ether oxygens (including phenoxy) is 1. The average Bonchev–Trinajstić information content (AvgIpc) is 3.09. The second kappa shape index (κ2) is 6.00. The topological polar surface area (TPSA) is 84.1 Å². The number of carbonyl (C=O) groups excluding carboxylic acids is 1. The van der Waals surface area contributed by atoms with Gasteiger partial charge in [-0.25, -0.2) is 4.98 Å². The molecule has 3 heterocycles. The van der Waals surface area contributed by atoms with Gasteiger partial charge in [-0.3, -0.25) is 9.59 Å². The van der Waals surface area contributed by atoms with E-state index in [1.165, 1.54) is 0 Å². The molecule has 1 aliphatic rings. The number of carbonyl (C=O) groups is 2. The number of hydrogen-bond acceptors (Lipinski definition) is 4. The van der Waals surface area contributed by atoms with Crippen LogP contribution in [-0.2, 0) is 9.53 Å². The summed E-state index contributed by atoms with van der Waals surface area (Å²) in [6, 6.07) is 3.47. The minimum Gasteiger partial charge on any atom is -0.481 e. The van der Waals surface area contributed by atoms with E-state index in [-0.39, 0.29) is 24.5 Å². The zero-order valence-electron chi connectivity index (χ0n) is 13.1. The van der Waals surface area contributed by atoms with Crippen molar-refractivity contribution in [2.75, 3.05) is 13.7 Å². The second-order valence-corrected chi connectivity index (χ2v) is 5.90. The van der Waals surface area contributed by atoms with Crippen molar-refractivity contribution in [1.29, 1.82) is 0 Å². The molecule has 1 N–H and O–H groups in total. The maximum absolute atomic E-state index is 12.8. The number of hydrogen-bond donors (Lipinski definition) is 1. The van der Waals surface area contributed by atoms with Crippen molar-refractivity contribution in [3.8, 4) is 0 Å². The summed E-state index contributed by atoms with van der Waals surface area (Å²) < 4.78 is 7.09. The van der Waals surface area contributed by atoms with E-state index in [9.17, 15) is 9.59 Å². The lowest BCUT2D eigenvalue weighted by Crippen LogP contribution is -2.37. The highest BCUT2D eigenvalue weighted by Gasteiger charge is 2.37. The number of amides is 1. The third kappa shape index (κ3) is 3.05. The molecule has 2 aromatic rings. The van der Waals surface area contributed by atoms with Crippen LogP contribution in [0.5, 0.6) is 0 Å². The molecule has 7 nitrogen and oxygen atoms in total. The molecule has 2 atom stereocenters. The summed E-state index contributed by atoms with van der Waals surface area (Å²) in [5.41, 5.74) is 2.08. The van der Waals surface area contributed by atoms with Crippen LogP contribution in [0.2, 0.25) is 0 Å². The number of aromatic nitrogens is 2. The van der Waals surface area contributed by atoms with Gasteiger partial charge in [-0.05, 0) is 31.0 Å². The van der Waals surface area contributed by atoms with Crippen molar-refractivity contribution in [3.63, 3.8) is 0 Å². The fourth-order valence-electron chi connectivity index (χ4n) is 3.02. The number of carboxylic acid groups (broad SMARTS) is 1. The van der Waals surface area contributed by atoms with Crippen LogP contribution in [0.1, 0.15) is 28.9 Å². The maximum atomic E-state index is 12.8. The number of rotatable bonds is 4. The van der Waals surface area contributed by atoms with Crippen molar-refractivity contribution >= 4 is 17.5 Å². The van der Waals surface area contributed by atoms with Gasteiger partial charge in [0, 0.05) is 32.1 Å². The van der Waals surface area contributed by atoms with E-state index >= 15 is 0 Å². The van der Waals surface area contributed by atoms with E-state index in [1.807, 2.05) is 25.3 Å². The van der Waals surface area contributed by atoms with Crippen LogP contribution >= 0.6 is 0 Å². The number of pyridine rings is 1. The molecule has 0 aliphatic carbocycles. The maximum Gasteiger partial charge on any atom is 0.305 e. The van der Waals surface area contributed by atoms with E-state index in [0.717, 1.165) is 5.56 Å². The Bertz CT molecular complexity index is 755. The molecule has 1 aliphatic heterocycles. The van der Waals surface area contributed by atoms with Gasteiger partial charge in [-0.15, -0.1) is 0 Å². The molecule has 0 saturated carbocycles. The fraction of sp³-hybridized carbons (Fsp3) is 0.438. The number of imidazole rings is 1. The molecule has 3 rings (SSSR count). The summed E-state index contributed by atoms with van der Waals surface area (Å²) in [4.78, 5) is 29.7. The van der Waals surface area contributed by atoms with Gasteiger partial charge in [0.15, 0.2) is 0 Å². The lowest BCUT2D eigenvalue weighted by atomic mass is 10.1. The van der Waals surface area contributed by atoms with Gasteiger partial charge in [0.1, 0.15) is 11.3 Å². The Balaban J connectivity index is 1.88. The van der Waals surface area contributed by atoms with E-state index < -0.39 is 5.97 Å². The lowest BCUT2D eigenvalue weighted by Gasteiger charge is -2.22. The van der Waals surface area contributed by atoms with Crippen molar-refractivity contribution in [3.05, 3.63) is 35.8 Å². The molecule has 122 valence electrons. The van der Waals surface area contributed by atoms with Crippen LogP contribution in [-0.4, -0.2) is 57.1 Å². The smallest absolute Gasteiger partial charge is 0.305 e. The molecule has 0 radical (unpaired) electrons. The van der Waals surface area contributed by atoms with Crippen LogP contribution in [0, 0.1) is 6.92 Å². The zero-order chi connectivity index (χ0) is 16.6. The second-order valence-electron chi connectivity index (χ2n) is 5.90. The summed E-state index contributed by atoms with van der Waals surface area (Å²) in [5, 5.41) is 9.05. The minimum atomic E-state index is -0.921. The Kier molecular flexibility index (Phi) is 4.04. The quantitative estimate of drug-likeness (QED) is 0.920. The van der Waals surface area contributed by atoms with Crippen molar-refractivity contribution < 1.29 is 19.4 Å². The van der Waals surface area contributed by atoms with Gasteiger partial charge in [0.05, 0.1) is 12.5 Å². The first kappa shape index (κ1) is 15.5. The van der Waals surface area contributed by atoms with Gasteiger partial charge in [0.25, 0.3) is 5.91 Å². The summed E-state index contributed by atoms with van der Waals surface area (Å²) in [6.07, 6.45) is 3.84. The van der Waals surface area contributed by atoms with Gasteiger partial charge in [-0.2, -0.15) is 0 Å². The first-order valence-corrected chi connectivity index (χ1v) is 7.49. The first-order valence-electron chi connectivity index (χ1n) is 7.49. The number of methoxy groups -OCH3 is 1. The number of fused-ring (bicyclic) bond motifs is 1. The fourth-order valence-corrected chi connectivity index (χ4v) is 3.02. The Morgan fingerprint density at radius 1 is 1.48 bits per heavy atom. The molecule has 2 aromatic heterocycles. The lowest BCUT2D eigenvalue weighted by molar-refractivity contribution is -0.138. The first-order chi connectivity index (χ1) is 11.0. The standard InChI is InChI=1S/C16H19N3O4/c1-10-3-4-18-9-13(17-14(18)5-10)16(22)19-8-12(23-2)6-11(19)7-15(20)21/h3-5,9,11-12H,6-8H2,1-2H3,(H,20,21). The summed E-state index contributed by atoms with van der Waals surface area (Å²) in [5.74, 6) is -1.17. The molecule has 0 bridgehead atoms. The Labute approximate surface area is 133 Å². The van der Waals surface area contributed by atoms with E-state index in [2.05, 4.69) is 4.98 Å². The molecular weight excluding hydrogens is 298 g/mol. The average molecular weight is 317 g/mol. The highest BCUT2D eigenvalue weighted by Crippen LogP contribution is 2.24. The van der Waals surface area contributed by atoms with Gasteiger partial charge >= 0.3 is 5.97 Å². The number of nitrogens with zero attached hydrogens (tertiary/aromatic N) is 3. The number of likely N-dealkylation sites (tertiary alicyclic amines) is 1. The van der Waals surface area contributed by atoms with Crippen LogP contribution in [0.25, 0.3) is 5.65 Å². The summed E-state index contributed by atoms with van der Waals surface area (Å²) in [6.45, 7) is 2.35. The van der Waals surface area contributed by atoms with E-state index in [1.54, 1.807) is 22.6 Å². The van der Waals surface area contributed by atoms with Crippen LogP contribution in [0.3, 0.4) is 0 Å². The monoisotopic (exact) mass is 317 g/mol. The molecule has 1 saturated heterocycles. The third-order valence-electron chi connectivity index (χ3n) is 4.22. The number of carboxylic acids is 1. The zero-order valence-corrected chi connectivity index (χ0v) is 13.1. The predicted molar refractivity (Wildman–Crippen MR) is 82.4 cm³/mol. The Hall–Kier alpha value is -2.41. The van der Waals surface area contributed by atoms with Crippen molar-refractivity contribution in [1.82, 2.24) is 14.3 Å². The predicted octanol–water partition coefficient (Wildman–Crippen LogP) is 1.35. The summed E-state index contributed by atoms with van der Waals surface area (Å²) in [7, 11) is 1.57. The normalized spacial score (nSPS) is 21.0. The minimum absolute atomic E-state index is 0.0852. The Morgan fingerprint density at radius 2 is 2.26 bits per heavy atom. The van der Waals surface area contributed by atoms with Gasteiger partial charge in [-0.1, -0.05) is 0 Å². The number of aryl methyl sites for hydroxylation is 1. The molecule has 1 fully saturated rings. The summed E-state index contributed by atoms with van der Waals surface area (Å²) >= 11 is 0. The van der Waals surface area contributed by atoms with Gasteiger partial charge in [0.2, 0.25) is 0 Å². The van der Waals surface area contributed by atoms with E-state index in [0.29, 0.717) is 24.3 Å². The van der Waals surface area contributed by atoms with Crippen molar-refractivity contribution in [2.45, 2.75) is 31.9 Å². The highest BCUT2D eigenvalue weighted by molar-refractivity contribution is 5.93. The van der Waals surface area contributed by atoms with Crippen LogP contribution in [0.15, 0.2) is 24.5 Å². The molecule has 0 spiro atoms.